The first-order valence-corrected chi connectivity index (χ1v) is 4.82. The summed E-state index contributed by atoms with van der Waals surface area (Å²) in [6.45, 7) is 0. The third kappa shape index (κ3) is 1.63. The monoisotopic (exact) mass is 236 g/mol. The predicted octanol–water partition coefficient (Wildman–Crippen LogP) is 3.52. The Morgan fingerprint density at radius 2 is 2.00 bits per heavy atom. The first kappa shape index (κ1) is 10.1. The summed E-state index contributed by atoms with van der Waals surface area (Å²) in [4.78, 5) is 4.03. The third-order valence-electron chi connectivity index (χ3n) is 2.51. The summed E-state index contributed by atoms with van der Waals surface area (Å²) >= 11 is 0. The van der Waals surface area contributed by atoms with E-state index >= 15 is 0 Å². The van der Waals surface area contributed by atoms with Crippen LogP contribution in [0.15, 0.2) is 30.5 Å². The van der Waals surface area contributed by atoms with Crippen molar-refractivity contribution in [3.8, 4) is 5.75 Å². The van der Waals surface area contributed by atoms with Gasteiger partial charge in [0, 0.05) is 17.6 Å². The SMILES string of the molecule is FC(F)(F)Oc1[c]ccc2c3ccc(nc3)c12. The minimum atomic E-state index is -4.72. The molecule has 85 valence electrons. The topological polar surface area (TPSA) is 22.1 Å². The number of benzene rings is 2. The minimum Gasteiger partial charge on any atom is -0.404 e. The number of aromatic nitrogens is 1. The molecule has 0 saturated heterocycles. The zero-order chi connectivity index (χ0) is 12.0. The number of halogens is 3. The number of pyridine rings is 2. The van der Waals surface area contributed by atoms with Crippen LogP contribution in [-0.4, -0.2) is 11.3 Å². The van der Waals surface area contributed by atoms with Gasteiger partial charge in [-0.1, -0.05) is 12.1 Å². The van der Waals surface area contributed by atoms with Crippen LogP contribution >= 0.6 is 0 Å². The molecule has 2 aromatic carbocycles. The number of rotatable bonds is 1. The molecule has 5 heteroatoms. The highest BCUT2D eigenvalue weighted by Crippen LogP contribution is 2.35. The number of nitrogens with zero attached hydrogens (tertiary/aromatic N) is 1. The van der Waals surface area contributed by atoms with E-state index in [0.717, 1.165) is 5.39 Å². The van der Waals surface area contributed by atoms with Gasteiger partial charge >= 0.3 is 6.36 Å². The van der Waals surface area contributed by atoms with Gasteiger partial charge in [-0.25, -0.2) is 0 Å². The lowest BCUT2D eigenvalue weighted by Gasteiger charge is -2.13. The molecule has 2 bridgehead atoms. The maximum atomic E-state index is 12.2. The van der Waals surface area contributed by atoms with E-state index in [1.54, 1.807) is 18.3 Å². The van der Waals surface area contributed by atoms with Crippen molar-refractivity contribution in [3.63, 3.8) is 0 Å². The van der Waals surface area contributed by atoms with Crippen molar-refractivity contribution in [2.75, 3.05) is 0 Å². The van der Waals surface area contributed by atoms with E-state index in [1.165, 1.54) is 6.07 Å². The molecule has 0 spiro atoms. The standard InChI is InChI=1S/C12H5F3NO/c13-12(14,15)17-10-3-1-2-8-7-4-5-9(11(8)10)16-6-7/h1-2,4-6H. The van der Waals surface area contributed by atoms with Gasteiger partial charge in [0.1, 0.15) is 5.75 Å². The number of hydrogen-bond acceptors (Lipinski definition) is 2. The van der Waals surface area contributed by atoms with Crippen molar-refractivity contribution < 1.29 is 17.9 Å². The van der Waals surface area contributed by atoms with Crippen LogP contribution in [-0.2, 0) is 0 Å². The molecule has 4 rings (SSSR count). The van der Waals surface area contributed by atoms with Crippen molar-refractivity contribution >= 4 is 21.7 Å². The van der Waals surface area contributed by atoms with Crippen molar-refractivity contribution in [1.29, 1.82) is 0 Å². The molecule has 2 heterocycles. The highest BCUT2D eigenvalue weighted by Gasteiger charge is 2.32. The van der Waals surface area contributed by atoms with Gasteiger partial charge in [0.2, 0.25) is 0 Å². The molecular weight excluding hydrogens is 231 g/mol. The molecule has 0 aliphatic carbocycles. The summed E-state index contributed by atoms with van der Waals surface area (Å²) < 4.78 is 40.7. The van der Waals surface area contributed by atoms with Gasteiger partial charge in [-0.2, -0.15) is 0 Å². The smallest absolute Gasteiger partial charge is 0.404 e. The highest BCUT2D eigenvalue weighted by molar-refractivity contribution is 6.10. The zero-order valence-electron chi connectivity index (χ0n) is 8.38. The second-order valence-corrected chi connectivity index (χ2v) is 3.58. The predicted molar refractivity (Wildman–Crippen MR) is 56.0 cm³/mol. The van der Waals surface area contributed by atoms with Crippen molar-refractivity contribution in [2.24, 2.45) is 0 Å². The Labute approximate surface area is 94.0 Å². The second kappa shape index (κ2) is 3.23. The highest BCUT2D eigenvalue weighted by atomic mass is 19.4. The Morgan fingerprint density at radius 1 is 1.18 bits per heavy atom. The van der Waals surface area contributed by atoms with Gasteiger partial charge in [-0.05, 0) is 17.5 Å². The van der Waals surface area contributed by atoms with Crippen LogP contribution in [0, 0.1) is 6.07 Å². The fourth-order valence-electron chi connectivity index (χ4n) is 1.87. The Kier molecular flexibility index (Phi) is 1.92. The van der Waals surface area contributed by atoms with Gasteiger partial charge in [0.15, 0.2) is 0 Å². The van der Waals surface area contributed by atoms with Crippen LogP contribution in [0.5, 0.6) is 5.75 Å². The second-order valence-electron chi connectivity index (χ2n) is 3.58. The van der Waals surface area contributed by atoms with Crippen LogP contribution in [0.1, 0.15) is 0 Å². The lowest BCUT2D eigenvalue weighted by molar-refractivity contribution is -0.274. The number of alkyl halides is 3. The van der Waals surface area contributed by atoms with E-state index in [2.05, 4.69) is 15.8 Å². The lowest BCUT2D eigenvalue weighted by Crippen LogP contribution is -2.17. The summed E-state index contributed by atoms with van der Waals surface area (Å²) in [5, 5.41) is 1.82. The van der Waals surface area contributed by atoms with Crippen molar-refractivity contribution in [1.82, 2.24) is 4.98 Å². The summed E-state index contributed by atoms with van der Waals surface area (Å²) in [6, 6.07) is 9.03. The van der Waals surface area contributed by atoms with E-state index in [9.17, 15) is 13.2 Å². The lowest BCUT2D eigenvalue weighted by atomic mass is 10.0. The van der Waals surface area contributed by atoms with E-state index in [1.807, 2.05) is 6.07 Å². The first-order valence-electron chi connectivity index (χ1n) is 4.82. The summed E-state index contributed by atoms with van der Waals surface area (Å²) in [7, 11) is 0. The Morgan fingerprint density at radius 3 is 2.65 bits per heavy atom. The first-order chi connectivity index (χ1) is 8.04. The van der Waals surface area contributed by atoms with Crippen molar-refractivity contribution in [2.45, 2.75) is 6.36 Å². The van der Waals surface area contributed by atoms with Gasteiger partial charge in [-0.3, -0.25) is 4.98 Å². The zero-order valence-corrected chi connectivity index (χ0v) is 8.38. The van der Waals surface area contributed by atoms with Crippen LogP contribution in [0.3, 0.4) is 0 Å². The minimum absolute atomic E-state index is 0.330. The molecule has 0 fully saturated rings. The molecule has 0 aliphatic rings. The number of ether oxygens (including phenoxy) is 1. The molecule has 2 nitrogen and oxygen atoms in total. The van der Waals surface area contributed by atoms with Gasteiger partial charge in [-0.15, -0.1) is 13.2 Å². The molecular formula is C12H5F3NO. The molecule has 0 atom stereocenters. The van der Waals surface area contributed by atoms with Gasteiger partial charge in [0.25, 0.3) is 0 Å². The molecule has 0 N–H and O–H groups in total. The quantitative estimate of drug-likeness (QED) is 0.644. The molecule has 0 unspecified atom stereocenters. The summed E-state index contributed by atoms with van der Waals surface area (Å²) in [5.41, 5.74) is 0.464. The fraction of sp³-hybridized carbons (Fsp3) is 0.0833. The average Bonchev–Trinajstić information content (AvgIpc) is 2.29. The van der Waals surface area contributed by atoms with Crippen molar-refractivity contribution in [3.05, 3.63) is 36.5 Å². The summed E-state index contributed by atoms with van der Waals surface area (Å²) in [5.74, 6) is -0.330. The molecule has 1 radical (unpaired) electrons. The molecule has 17 heavy (non-hydrogen) atoms. The van der Waals surface area contributed by atoms with Crippen LogP contribution in [0.25, 0.3) is 21.7 Å². The molecule has 0 amide bonds. The largest absolute Gasteiger partial charge is 0.573 e. The maximum Gasteiger partial charge on any atom is 0.573 e. The fourth-order valence-corrected chi connectivity index (χ4v) is 1.87. The third-order valence-corrected chi connectivity index (χ3v) is 2.51. The molecule has 0 saturated carbocycles. The normalized spacial score (nSPS) is 12.4. The molecule has 0 aliphatic heterocycles. The van der Waals surface area contributed by atoms with Crippen LogP contribution in [0.2, 0.25) is 0 Å². The van der Waals surface area contributed by atoms with Gasteiger partial charge in [0.05, 0.1) is 10.9 Å². The maximum absolute atomic E-state index is 12.2. The Balaban J connectivity index is 2.31. The van der Waals surface area contributed by atoms with E-state index in [4.69, 9.17) is 0 Å². The van der Waals surface area contributed by atoms with E-state index in [-0.39, 0.29) is 5.75 Å². The van der Waals surface area contributed by atoms with Gasteiger partial charge < -0.3 is 4.74 Å². The van der Waals surface area contributed by atoms with Crippen LogP contribution in [0.4, 0.5) is 13.2 Å². The average molecular weight is 236 g/mol. The molecule has 2 aromatic heterocycles. The number of fused-ring (bicyclic) bond motifs is 2. The molecule has 4 aromatic rings. The number of hydrogen-bond donors (Lipinski definition) is 0. The van der Waals surface area contributed by atoms with E-state index < -0.39 is 6.36 Å². The Bertz CT molecular complexity index is 657. The van der Waals surface area contributed by atoms with E-state index in [0.29, 0.717) is 16.3 Å². The summed E-state index contributed by atoms with van der Waals surface area (Å²) in [6.07, 6.45) is -3.10. The van der Waals surface area contributed by atoms with Crippen LogP contribution < -0.4 is 4.74 Å². The Hall–Kier alpha value is -2.04.